The molecule has 1 aromatic rings. The van der Waals surface area contributed by atoms with Gasteiger partial charge in [0.1, 0.15) is 5.78 Å². The van der Waals surface area contributed by atoms with E-state index in [4.69, 9.17) is 4.52 Å². The van der Waals surface area contributed by atoms with Crippen molar-refractivity contribution in [2.24, 2.45) is 0 Å². The molecule has 0 aromatic carbocycles. The van der Waals surface area contributed by atoms with Gasteiger partial charge in [-0.3, -0.25) is 4.79 Å². The Labute approximate surface area is 76.3 Å². The Hall–Kier alpha value is -1.19. The number of hydrogen-bond donors (Lipinski definition) is 0. The summed E-state index contributed by atoms with van der Waals surface area (Å²) in [5.74, 6) is 2.12. The molecular weight excluding hydrogens is 168 g/mol. The number of nitrogens with zero attached hydrogens (tertiary/aromatic N) is 2. The molecule has 1 aromatic heterocycles. The smallest absolute Gasteiger partial charge is 0.229 e. The van der Waals surface area contributed by atoms with E-state index in [9.17, 15) is 4.79 Å². The van der Waals surface area contributed by atoms with E-state index in [0.29, 0.717) is 30.3 Å². The van der Waals surface area contributed by atoms with Crippen molar-refractivity contribution in [2.45, 2.75) is 38.5 Å². The summed E-state index contributed by atoms with van der Waals surface area (Å²) in [7, 11) is 0. The Bertz CT molecular complexity index is 322. The number of aromatic nitrogens is 2. The van der Waals surface area contributed by atoms with Crippen LogP contribution in [0.1, 0.15) is 50.2 Å². The van der Waals surface area contributed by atoms with Crippen LogP contribution in [0.5, 0.6) is 0 Å². The zero-order valence-electron chi connectivity index (χ0n) is 7.78. The van der Waals surface area contributed by atoms with Crippen LogP contribution in [0.25, 0.3) is 0 Å². The average molecular weight is 180 g/mol. The van der Waals surface area contributed by atoms with Crippen LogP contribution in [0.4, 0.5) is 0 Å². The van der Waals surface area contributed by atoms with E-state index >= 15 is 0 Å². The highest BCUT2D eigenvalue weighted by Gasteiger charge is 2.32. The summed E-state index contributed by atoms with van der Waals surface area (Å²) in [5, 5.41) is 3.86. The minimum absolute atomic E-state index is 0.212. The van der Waals surface area contributed by atoms with Crippen molar-refractivity contribution in [3.05, 3.63) is 11.7 Å². The number of carbonyl (C=O) groups is 1. The van der Waals surface area contributed by atoms with Gasteiger partial charge in [-0.2, -0.15) is 4.98 Å². The maximum absolute atomic E-state index is 10.7. The van der Waals surface area contributed by atoms with Crippen LogP contribution < -0.4 is 0 Å². The first kappa shape index (κ1) is 8.41. The maximum Gasteiger partial charge on any atom is 0.229 e. The summed E-state index contributed by atoms with van der Waals surface area (Å²) < 4.78 is 5.05. The molecular formula is C9H12N2O2. The first-order chi connectivity index (χ1) is 6.16. The summed E-state index contributed by atoms with van der Waals surface area (Å²) in [6.07, 6.45) is 1.16. The molecule has 1 fully saturated rings. The van der Waals surface area contributed by atoms with Gasteiger partial charge in [0.05, 0.1) is 0 Å². The Morgan fingerprint density at radius 3 is 2.62 bits per heavy atom. The number of Topliss-reactive ketones (excluding diaryl/α,β-unsaturated/α-hetero) is 1. The van der Waals surface area contributed by atoms with Gasteiger partial charge in [0, 0.05) is 24.7 Å². The highest BCUT2D eigenvalue weighted by Crippen LogP contribution is 2.32. The van der Waals surface area contributed by atoms with E-state index in [-0.39, 0.29) is 11.8 Å². The number of hydrogen-bond acceptors (Lipinski definition) is 4. The van der Waals surface area contributed by atoms with Gasteiger partial charge < -0.3 is 4.52 Å². The topological polar surface area (TPSA) is 56.0 Å². The fraction of sp³-hybridized carbons (Fsp3) is 0.667. The lowest BCUT2D eigenvalue weighted by atomic mass is 9.83. The van der Waals surface area contributed by atoms with Crippen LogP contribution in [-0.2, 0) is 4.79 Å². The first-order valence-corrected chi connectivity index (χ1v) is 4.52. The lowest BCUT2D eigenvalue weighted by molar-refractivity contribution is -0.124. The monoisotopic (exact) mass is 180 g/mol. The first-order valence-electron chi connectivity index (χ1n) is 4.52. The highest BCUT2D eigenvalue weighted by atomic mass is 16.5. The second-order valence-corrected chi connectivity index (χ2v) is 3.79. The molecule has 0 saturated heterocycles. The molecule has 0 N–H and O–H groups in total. The van der Waals surface area contributed by atoms with Gasteiger partial charge in [0.25, 0.3) is 0 Å². The summed E-state index contributed by atoms with van der Waals surface area (Å²) in [6.45, 7) is 4.01. The van der Waals surface area contributed by atoms with Crippen molar-refractivity contribution in [1.82, 2.24) is 10.1 Å². The molecule has 4 nitrogen and oxygen atoms in total. The van der Waals surface area contributed by atoms with Crippen molar-refractivity contribution in [3.63, 3.8) is 0 Å². The molecule has 2 rings (SSSR count). The fourth-order valence-electron chi connectivity index (χ4n) is 1.32. The number of ketones is 1. The van der Waals surface area contributed by atoms with Crippen LogP contribution in [-0.4, -0.2) is 15.9 Å². The van der Waals surface area contributed by atoms with Crippen molar-refractivity contribution in [2.75, 3.05) is 0 Å². The van der Waals surface area contributed by atoms with Gasteiger partial charge in [0.15, 0.2) is 5.82 Å². The standard InChI is InChI=1S/C9H12N2O2/c1-5(2)9-10-8(11-13-9)6-3-7(12)4-6/h5-6H,3-4H2,1-2H3. The fourth-order valence-corrected chi connectivity index (χ4v) is 1.32. The third-order valence-corrected chi connectivity index (χ3v) is 2.26. The minimum Gasteiger partial charge on any atom is -0.339 e. The Kier molecular flexibility index (Phi) is 1.90. The van der Waals surface area contributed by atoms with Gasteiger partial charge in [-0.05, 0) is 0 Å². The molecule has 0 atom stereocenters. The second kappa shape index (κ2) is 2.94. The molecule has 70 valence electrons. The third-order valence-electron chi connectivity index (χ3n) is 2.26. The van der Waals surface area contributed by atoms with Crippen molar-refractivity contribution in [1.29, 1.82) is 0 Å². The largest absolute Gasteiger partial charge is 0.339 e. The van der Waals surface area contributed by atoms with Crippen molar-refractivity contribution < 1.29 is 9.32 Å². The highest BCUT2D eigenvalue weighted by molar-refractivity contribution is 5.86. The van der Waals surface area contributed by atoms with Crippen LogP contribution in [0.2, 0.25) is 0 Å². The van der Waals surface area contributed by atoms with Crippen LogP contribution in [0, 0.1) is 0 Å². The molecule has 0 bridgehead atoms. The second-order valence-electron chi connectivity index (χ2n) is 3.79. The van der Waals surface area contributed by atoms with E-state index in [1.807, 2.05) is 13.8 Å². The molecule has 13 heavy (non-hydrogen) atoms. The molecule has 0 radical (unpaired) electrons. The summed E-state index contributed by atoms with van der Waals surface area (Å²) >= 11 is 0. The molecule has 1 saturated carbocycles. The Balaban J connectivity index is 2.10. The molecule has 1 heterocycles. The van der Waals surface area contributed by atoms with Crippen molar-refractivity contribution in [3.8, 4) is 0 Å². The van der Waals surface area contributed by atoms with Gasteiger partial charge in [-0.15, -0.1) is 0 Å². The quantitative estimate of drug-likeness (QED) is 0.694. The minimum atomic E-state index is 0.212. The number of rotatable bonds is 2. The summed E-state index contributed by atoms with van der Waals surface area (Å²) in [5.41, 5.74) is 0. The molecule has 0 amide bonds. The average Bonchev–Trinajstić information content (AvgIpc) is 2.46. The number of carbonyl (C=O) groups excluding carboxylic acids is 1. The van der Waals surface area contributed by atoms with Crippen LogP contribution in [0.15, 0.2) is 4.52 Å². The predicted octanol–water partition coefficient (Wildman–Crippen LogP) is 1.64. The van der Waals surface area contributed by atoms with Crippen LogP contribution in [0.3, 0.4) is 0 Å². The predicted molar refractivity (Wildman–Crippen MR) is 45.4 cm³/mol. The molecule has 4 heteroatoms. The SMILES string of the molecule is CC(C)c1nc(C2CC(=O)C2)no1. The molecule has 0 aliphatic heterocycles. The zero-order valence-corrected chi connectivity index (χ0v) is 7.78. The van der Waals surface area contributed by atoms with E-state index < -0.39 is 0 Å². The maximum atomic E-state index is 10.7. The van der Waals surface area contributed by atoms with Gasteiger partial charge in [-0.1, -0.05) is 19.0 Å². The zero-order chi connectivity index (χ0) is 9.42. The van der Waals surface area contributed by atoms with E-state index in [1.54, 1.807) is 0 Å². The van der Waals surface area contributed by atoms with Gasteiger partial charge in [0.2, 0.25) is 5.89 Å². The van der Waals surface area contributed by atoms with Gasteiger partial charge >= 0.3 is 0 Å². The van der Waals surface area contributed by atoms with Crippen LogP contribution >= 0.6 is 0 Å². The van der Waals surface area contributed by atoms with Crippen molar-refractivity contribution >= 4 is 5.78 Å². The lowest BCUT2D eigenvalue weighted by Crippen LogP contribution is -2.22. The lowest BCUT2D eigenvalue weighted by Gasteiger charge is -2.19. The Morgan fingerprint density at radius 2 is 2.15 bits per heavy atom. The molecule has 0 spiro atoms. The Morgan fingerprint density at radius 1 is 1.46 bits per heavy atom. The molecule has 1 aliphatic carbocycles. The molecule has 0 unspecified atom stereocenters. The van der Waals surface area contributed by atoms with E-state index in [2.05, 4.69) is 10.1 Å². The summed E-state index contributed by atoms with van der Waals surface area (Å²) in [4.78, 5) is 15.0. The normalized spacial score (nSPS) is 17.9. The van der Waals surface area contributed by atoms with E-state index in [0.717, 1.165) is 0 Å². The van der Waals surface area contributed by atoms with E-state index in [1.165, 1.54) is 0 Å². The van der Waals surface area contributed by atoms with Gasteiger partial charge in [-0.25, -0.2) is 0 Å². The summed E-state index contributed by atoms with van der Waals surface area (Å²) in [6, 6.07) is 0. The molecule has 1 aliphatic rings. The third kappa shape index (κ3) is 1.48.